The standard InChI is InChI=1S/C69H47N3/c1-3-21-53(22-4-1)71-65-30-13-11-27-59(65)62-45-52(39-43-67(62)71)69(61-29-15-19-49-17-7-9-25-57(49)61)51-35-33-47(34-36-51)48-37-40-55(41-38-48)70(64-32-16-20-50-18-8-10-26-58(50)64)56-42-44-68-63(46-56)60-28-12-14-31-66(60)72(68)54-23-5-2-6-24-54/h1-46,69H. The minimum atomic E-state index is 0.00377. The van der Waals surface area contributed by atoms with Crippen LogP contribution in [0.2, 0.25) is 0 Å². The lowest BCUT2D eigenvalue weighted by atomic mass is 9.82. The molecule has 72 heavy (non-hydrogen) atoms. The molecule has 14 aromatic rings. The Morgan fingerprint density at radius 1 is 0.278 bits per heavy atom. The van der Waals surface area contributed by atoms with Crippen LogP contribution >= 0.6 is 0 Å². The molecule has 12 aromatic carbocycles. The predicted octanol–water partition coefficient (Wildman–Crippen LogP) is 18.5. The van der Waals surface area contributed by atoms with Crippen LogP contribution in [0.25, 0.3) is 87.7 Å². The van der Waals surface area contributed by atoms with Gasteiger partial charge < -0.3 is 14.0 Å². The van der Waals surface area contributed by atoms with Gasteiger partial charge in [-0.05, 0) is 129 Å². The first kappa shape index (κ1) is 41.5. The van der Waals surface area contributed by atoms with Crippen molar-refractivity contribution in [2.75, 3.05) is 4.90 Å². The number of hydrogen-bond acceptors (Lipinski definition) is 1. The van der Waals surface area contributed by atoms with Crippen LogP contribution in [0, 0.1) is 0 Å². The molecule has 0 spiro atoms. The van der Waals surface area contributed by atoms with Crippen molar-refractivity contribution in [1.29, 1.82) is 0 Å². The molecule has 0 fully saturated rings. The molecule has 2 aromatic heterocycles. The summed E-state index contributed by atoms with van der Waals surface area (Å²) in [5.41, 5.74) is 16.6. The van der Waals surface area contributed by atoms with Crippen LogP contribution in [0.4, 0.5) is 17.1 Å². The summed E-state index contributed by atoms with van der Waals surface area (Å²) in [5, 5.41) is 9.88. The summed E-state index contributed by atoms with van der Waals surface area (Å²) in [5.74, 6) is 0.00377. The maximum Gasteiger partial charge on any atom is 0.0542 e. The topological polar surface area (TPSA) is 13.1 Å². The molecular weight excluding hydrogens is 871 g/mol. The van der Waals surface area contributed by atoms with Crippen LogP contribution < -0.4 is 4.90 Å². The lowest BCUT2D eigenvalue weighted by Crippen LogP contribution is -2.10. The third-order valence-electron chi connectivity index (χ3n) is 14.8. The van der Waals surface area contributed by atoms with Crippen molar-refractivity contribution in [2.24, 2.45) is 0 Å². The molecule has 1 unspecified atom stereocenters. The number of fused-ring (bicyclic) bond motifs is 8. The molecule has 3 heteroatoms. The van der Waals surface area contributed by atoms with E-state index in [1.165, 1.54) is 93.0 Å². The van der Waals surface area contributed by atoms with Crippen molar-refractivity contribution >= 4 is 82.2 Å². The minimum absolute atomic E-state index is 0.00377. The molecule has 338 valence electrons. The van der Waals surface area contributed by atoms with E-state index in [1.807, 2.05) is 0 Å². The Balaban J connectivity index is 0.870. The van der Waals surface area contributed by atoms with Crippen LogP contribution in [0.1, 0.15) is 22.6 Å². The molecule has 14 rings (SSSR count). The molecule has 1 atom stereocenters. The van der Waals surface area contributed by atoms with Crippen LogP contribution in [0.15, 0.2) is 279 Å². The van der Waals surface area contributed by atoms with Gasteiger partial charge in [0.15, 0.2) is 0 Å². The highest BCUT2D eigenvalue weighted by molar-refractivity contribution is 6.12. The second-order valence-corrected chi connectivity index (χ2v) is 18.9. The van der Waals surface area contributed by atoms with E-state index in [2.05, 4.69) is 293 Å². The molecule has 0 aliphatic heterocycles. The summed E-state index contributed by atoms with van der Waals surface area (Å²) in [7, 11) is 0. The monoisotopic (exact) mass is 917 g/mol. The Morgan fingerprint density at radius 3 is 1.36 bits per heavy atom. The number of para-hydroxylation sites is 4. The van der Waals surface area contributed by atoms with E-state index in [0.717, 1.165) is 28.4 Å². The largest absolute Gasteiger partial charge is 0.310 e. The summed E-state index contributed by atoms with van der Waals surface area (Å²) in [6, 6.07) is 102. The van der Waals surface area contributed by atoms with Crippen LogP contribution in [-0.2, 0) is 0 Å². The normalized spacial score (nSPS) is 12.1. The number of rotatable bonds is 9. The highest BCUT2D eigenvalue weighted by atomic mass is 15.1. The fourth-order valence-corrected chi connectivity index (χ4v) is 11.5. The molecule has 0 N–H and O–H groups in total. The molecule has 0 bridgehead atoms. The van der Waals surface area contributed by atoms with E-state index >= 15 is 0 Å². The number of hydrogen-bond donors (Lipinski definition) is 0. The summed E-state index contributed by atoms with van der Waals surface area (Å²) in [4.78, 5) is 2.42. The quantitative estimate of drug-likeness (QED) is 0.132. The summed E-state index contributed by atoms with van der Waals surface area (Å²) < 4.78 is 4.78. The molecule has 3 nitrogen and oxygen atoms in total. The van der Waals surface area contributed by atoms with Crippen LogP contribution in [-0.4, -0.2) is 9.13 Å². The molecule has 0 saturated carbocycles. The summed E-state index contributed by atoms with van der Waals surface area (Å²) >= 11 is 0. The third kappa shape index (κ3) is 6.89. The maximum atomic E-state index is 2.44. The van der Waals surface area contributed by atoms with Crippen LogP contribution in [0.5, 0.6) is 0 Å². The van der Waals surface area contributed by atoms with E-state index < -0.39 is 0 Å². The Hall–Kier alpha value is -9.44. The Morgan fingerprint density at radius 2 is 0.722 bits per heavy atom. The van der Waals surface area contributed by atoms with E-state index in [9.17, 15) is 0 Å². The maximum absolute atomic E-state index is 2.44. The molecule has 2 heterocycles. The van der Waals surface area contributed by atoms with Crippen LogP contribution in [0.3, 0.4) is 0 Å². The van der Waals surface area contributed by atoms with E-state index in [4.69, 9.17) is 0 Å². The number of nitrogens with zero attached hydrogens (tertiary/aromatic N) is 3. The zero-order valence-electron chi connectivity index (χ0n) is 39.5. The third-order valence-corrected chi connectivity index (χ3v) is 14.8. The molecule has 0 aliphatic rings. The van der Waals surface area contributed by atoms with Gasteiger partial charge in [-0.15, -0.1) is 0 Å². The van der Waals surface area contributed by atoms with E-state index in [1.54, 1.807) is 0 Å². The average molecular weight is 918 g/mol. The Kier molecular flexibility index (Phi) is 9.92. The summed E-state index contributed by atoms with van der Waals surface area (Å²) in [6.07, 6.45) is 0. The van der Waals surface area contributed by atoms with Gasteiger partial charge in [0.1, 0.15) is 0 Å². The first-order chi connectivity index (χ1) is 35.7. The number of anilines is 3. The SMILES string of the molecule is c1ccc(-n2c3ccccc3c3cc(C(c4ccc(-c5ccc(N(c6ccc7c(c6)c6ccccc6n7-c6ccccc6)c6cccc7ccccc67)cc5)cc4)c4cccc5ccccc45)ccc32)cc1. The smallest absolute Gasteiger partial charge is 0.0542 e. The lowest BCUT2D eigenvalue weighted by Gasteiger charge is -2.27. The fraction of sp³-hybridized carbons (Fsp3) is 0.0145. The van der Waals surface area contributed by atoms with Gasteiger partial charge >= 0.3 is 0 Å². The highest BCUT2D eigenvalue weighted by Gasteiger charge is 2.23. The van der Waals surface area contributed by atoms with E-state index in [0.29, 0.717) is 0 Å². The van der Waals surface area contributed by atoms with Crippen molar-refractivity contribution in [3.63, 3.8) is 0 Å². The fourth-order valence-electron chi connectivity index (χ4n) is 11.5. The predicted molar refractivity (Wildman–Crippen MR) is 304 cm³/mol. The molecular formula is C69H47N3. The van der Waals surface area contributed by atoms with Crippen molar-refractivity contribution in [1.82, 2.24) is 9.13 Å². The van der Waals surface area contributed by atoms with Gasteiger partial charge in [-0.1, -0.05) is 194 Å². The van der Waals surface area contributed by atoms with Crippen molar-refractivity contribution in [3.8, 4) is 22.5 Å². The van der Waals surface area contributed by atoms with Gasteiger partial charge in [0.05, 0.1) is 27.8 Å². The zero-order valence-corrected chi connectivity index (χ0v) is 39.5. The second kappa shape index (κ2) is 17.2. The zero-order chi connectivity index (χ0) is 47.5. The van der Waals surface area contributed by atoms with Gasteiger partial charge in [-0.3, -0.25) is 0 Å². The van der Waals surface area contributed by atoms with Gasteiger partial charge in [-0.25, -0.2) is 0 Å². The number of aromatic nitrogens is 2. The first-order valence-corrected chi connectivity index (χ1v) is 24.9. The van der Waals surface area contributed by atoms with Crippen molar-refractivity contribution in [2.45, 2.75) is 5.92 Å². The molecule has 0 saturated heterocycles. The Labute approximate surface area is 418 Å². The van der Waals surface area contributed by atoms with Gasteiger partial charge in [0.2, 0.25) is 0 Å². The lowest BCUT2D eigenvalue weighted by molar-refractivity contribution is 0.992. The first-order valence-electron chi connectivity index (χ1n) is 24.9. The number of benzene rings is 12. The van der Waals surface area contributed by atoms with Gasteiger partial charge in [0.25, 0.3) is 0 Å². The second-order valence-electron chi connectivity index (χ2n) is 18.9. The molecule has 0 amide bonds. The van der Waals surface area contributed by atoms with Crippen molar-refractivity contribution in [3.05, 3.63) is 296 Å². The minimum Gasteiger partial charge on any atom is -0.310 e. The summed E-state index contributed by atoms with van der Waals surface area (Å²) in [6.45, 7) is 0. The average Bonchev–Trinajstić information content (AvgIpc) is 3.96. The molecule has 0 aliphatic carbocycles. The molecule has 0 radical (unpaired) electrons. The van der Waals surface area contributed by atoms with Gasteiger partial charge in [0, 0.05) is 55.6 Å². The van der Waals surface area contributed by atoms with E-state index in [-0.39, 0.29) is 5.92 Å². The highest BCUT2D eigenvalue weighted by Crippen LogP contribution is 2.44. The van der Waals surface area contributed by atoms with Crippen molar-refractivity contribution < 1.29 is 0 Å². The Bertz CT molecular complexity index is 4030. The van der Waals surface area contributed by atoms with Gasteiger partial charge in [-0.2, -0.15) is 0 Å².